The molecule has 0 aromatic carbocycles. The lowest BCUT2D eigenvalue weighted by Gasteiger charge is -2.10. The van der Waals surface area contributed by atoms with E-state index < -0.39 is 12.0 Å². The molecule has 0 saturated heterocycles. The Balaban J connectivity index is 2.90. The highest BCUT2D eigenvalue weighted by atomic mass is 19.4. The number of nitrogens with zero attached hydrogens (tertiary/aromatic N) is 3. The molecule has 13 heavy (non-hydrogen) atoms. The fourth-order valence-electron chi connectivity index (χ4n) is 1.00. The molecule has 0 radical (unpaired) electrons. The molecule has 0 spiro atoms. The summed E-state index contributed by atoms with van der Waals surface area (Å²) in [5.41, 5.74) is 0. The third-order valence-electron chi connectivity index (χ3n) is 1.43. The first-order valence-corrected chi connectivity index (χ1v) is 3.86. The highest BCUT2D eigenvalue weighted by Crippen LogP contribution is 2.27. The van der Waals surface area contributed by atoms with Crippen molar-refractivity contribution < 1.29 is 13.2 Å². The lowest BCUT2D eigenvalue weighted by Crippen LogP contribution is -2.16. The summed E-state index contributed by atoms with van der Waals surface area (Å²) in [6.45, 7) is 3.95. The Kier molecular flexibility index (Phi) is 2.58. The second-order valence-corrected chi connectivity index (χ2v) is 3.20. The van der Waals surface area contributed by atoms with E-state index in [-0.39, 0.29) is 12.5 Å². The maximum Gasteiger partial charge on any atom is 0.451 e. The van der Waals surface area contributed by atoms with Gasteiger partial charge in [0, 0.05) is 6.54 Å². The Morgan fingerprint density at radius 3 is 2.54 bits per heavy atom. The predicted molar refractivity (Wildman–Crippen MR) is 39.9 cm³/mol. The molecule has 74 valence electrons. The highest BCUT2D eigenvalue weighted by molar-refractivity contribution is 4.91. The van der Waals surface area contributed by atoms with Gasteiger partial charge in [0.05, 0.1) is 0 Å². The third kappa shape index (κ3) is 2.43. The largest absolute Gasteiger partial charge is 0.451 e. The minimum absolute atomic E-state index is 0.136. The molecule has 6 heteroatoms. The van der Waals surface area contributed by atoms with Crippen LogP contribution < -0.4 is 0 Å². The van der Waals surface area contributed by atoms with E-state index in [2.05, 4.69) is 10.2 Å². The minimum atomic E-state index is -4.41. The molecule has 1 aromatic rings. The van der Waals surface area contributed by atoms with Crippen molar-refractivity contribution in [2.45, 2.75) is 26.6 Å². The zero-order valence-corrected chi connectivity index (χ0v) is 7.34. The van der Waals surface area contributed by atoms with Crippen LogP contribution in [0.25, 0.3) is 0 Å². The second kappa shape index (κ2) is 3.35. The fraction of sp³-hybridized carbons (Fsp3) is 0.714. The molecule has 0 atom stereocenters. The number of rotatable bonds is 2. The van der Waals surface area contributed by atoms with E-state index >= 15 is 0 Å². The average Bonchev–Trinajstić information content (AvgIpc) is 2.31. The summed E-state index contributed by atoms with van der Waals surface area (Å²) in [6, 6.07) is 0. The molecule has 1 heterocycles. The summed E-state index contributed by atoms with van der Waals surface area (Å²) in [7, 11) is 0. The van der Waals surface area contributed by atoms with Crippen molar-refractivity contribution in [2.75, 3.05) is 0 Å². The zero-order valence-electron chi connectivity index (χ0n) is 7.34. The van der Waals surface area contributed by atoms with Gasteiger partial charge in [0.1, 0.15) is 6.33 Å². The molecule has 0 unspecified atom stereocenters. The summed E-state index contributed by atoms with van der Waals surface area (Å²) >= 11 is 0. The lowest BCUT2D eigenvalue weighted by atomic mass is 10.2. The topological polar surface area (TPSA) is 30.7 Å². The Hall–Kier alpha value is -1.07. The van der Waals surface area contributed by atoms with Crippen molar-refractivity contribution in [3.63, 3.8) is 0 Å². The summed E-state index contributed by atoms with van der Waals surface area (Å²) in [6.07, 6.45) is -3.31. The van der Waals surface area contributed by atoms with Gasteiger partial charge >= 0.3 is 6.18 Å². The molecule has 0 amide bonds. The molecule has 0 saturated carbocycles. The number of alkyl halides is 3. The second-order valence-electron chi connectivity index (χ2n) is 3.20. The predicted octanol–water partition coefficient (Wildman–Crippen LogP) is 1.95. The minimum Gasteiger partial charge on any atom is -0.310 e. The van der Waals surface area contributed by atoms with Crippen LogP contribution in [0.4, 0.5) is 13.2 Å². The third-order valence-corrected chi connectivity index (χ3v) is 1.43. The normalized spacial score (nSPS) is 12.5. The van der Waals surface area contributed by atoms with E-state index in [0.29, 0.717) is 0 Å². The van der Waals surface area contributed by atoms with Crippen molar-refractivity contribution in [1.29, 1.82) is 0 Å². The summed E-state index contributed by atoms with van der Waals surface area (Å²) in [5, 5.41) is 6.26. The van der Waals surface area contributed by atoms with Crippen molar-refractivity contribution in [3.8, 4) is 0 Å². The van der Waals surface area contributed by atoms with Gasteiger partial charge in [-0.15, -0.1) is 10.2 Å². The first-order valence-electron chi connectivity index (χ1n) is 3.86. The quantitative estimate of drug-likeness (QED) is 0.718. The molecule has 0 fully saturated rings. The Morgan fingerprint density at radius 1 is 1.46 bits per heavy atom. The zero-order chi connectivity index (χ0) is 10.1. The maximum absolute atomic E-state index is 12.2. The number of hydrogen-bond acceptors (Lipinski definition) is 2. The molecule has 3 nitrogen and oxygen atoms in total. The molecule has 1 rings (SSSR count). The van der Waals surface area contributed by atoms with Crippen LogP contribution in [0.1, 0.15) is 19.7 Å². The first-order chi connectivity index (χ1) is 5.91. The van der Waals surface area contributed by atoms with E-state index in [0.717, 1.165) is 10.9 Å². The highest BCUT2D eigenvalue weighted by Gasteiger charge is 2.36. The van der Waals surface area contributed by atoms with E-state index in [4.69, 9.17) is 0 Å². The Labute approximate surface area is 73.6 Å². The molecule has 0 aliphatic heterocycles. The van der Waals surface area contributed by atoms with E-state index in [1.54, 1.807) is 0 Å². The van der Waals surface area contributed by atoms with Crippen LogP contribution in [0.3, 0.4) is 0 Å². The van der Waals surface area contributed by atoms with Crippen LogP contribution in [0.5, 0.6) is 0 Å². The number of halogens is 3. The van der Waals surface area contributed by atoms with E-state index in [9.17, 15) is 13.2 Å². The molecule has 0 aliphatic rings. The first kappa shape index (κ1) is 10.0. The molecular formula is C7H10F3N3. The van der Waals surface area contributed by atoms with Gasteiger partial charge in [-0.05, 0) is 5.92 Å². The van der Waals surface area contributed by atoms with Gasteiger partial charge in [0.2, 0.25) is 5.82 Å². The van der Waals surface area contributed by atoms with Gasteiger partial charge in [0.15, 0.2) is 0 Å². The monoisotopic (exact) mass is 193 g/mol. The standard InChI is InChI=1S/C7H10F3N3/c1-5(2)3-13-4-11-12-6(13)7(8,9)10/h4-5H,3H2,1-2H3. The van der Waals surface area contributed by atoms with Crippen LogP contribution in [-0.2, 0) is 12.7 Å². The fourth-order valence-corrected chi connectivity index (χ4v) is 1.00. The molecule has 0 bridgehead atoms. The smallest absolute Gasteiger partial charge is 0.310 e. The number of aromatic nitrogens is 3. The molecular weight excluding hydrogens is 183 g/mol. The van der Waals surface area contributed by atoms with Crippen LogP contribution >= 0.6 is 0 Å². The van der Waals surface area contributed by atoms with Crippen LogP contribution in [0.2, 0.25) is 0 Å². The summed E-state index contributed by atoms with van der Waals surface area (Å²) in [4.78, 5) is 0. The van der Waals surface area contributed by atoms with Crippen molar-refractivity contribution in [2.24, 2.45) is 5.92 Å². The summed E-state index contributed by atoms with van der Waals surface area (Å²) < 4.78 is 37.6. The van der Waals surface area contributed by atoms with Gasteiger partial charge in [-0.1, -0.05) is 13.8 Å². The van der Waals surface area contributed by atoms with Gasteiger partial charge < -0.3 is 4.57 Å². The average molecular weight is 193 g/mol. The van der Waals surface area contributed by atoms with Gasteiger partial charge in [-0.25, -0.2) is 0 Å². The van der Waals surface area contributed by atoms with Crippen molar-refractivity contribution in [1.82, 2.24) is 14.8 Å². The Bertz CT molecular complexity index is 277. The van der Waals surface area contributed by atoms with Gasteiger partial charge in [-0.2, -0.15) is 13.2 Å². The maximum atomic E-state index is 12.2. The molecule has 0 aliphatic carbocycles. The summed E-state index contributed by atoms with van der Waals surface area (Å²) in [5.74, 6) is -0.793. The van der Waals surface area contributed by atoms with Crippen LogP contribution in [0, 0.1) is 5.92 Å². The van der Waals surface area contributed by atoms with Crippen LogP contribution in [0.15, 0.2) is 6.33 Å². The molecule has 1 aromatic heterocycles. The van der Waals surface area contributed by atoms with Crippen molar-refractivity contribution >= 4 is 0 Å². The van der Waals surface area contributed by atoms with Gasteiger partial charge in [0.25, 0.3) is 0 Å². The van der Waals surface area contributed by atoms with E-state index in [1.807, 2.05) is 13.8 Å². The SMILES string of the molecule is CC(C)Cn1cnnc1C(F)(F)F. The van der Waals surface area contributed by atoms with E-state index in [1.165, 1.54) is 0 Å². The Morgan fingerprint density at radius 2 is 2.08 bits per heavy atom. The lowest BCUT2D eigenvalue weighted by molar-refractivity contribution is -0.147. The van der Waals surface area contributed by atoms with Crippen LogP contribution in [-0.4, -0.2) is 14.8 Å². The van der Waals surface area contributed by atoms with Crippen molar-refractivity contribution in [3.05, 3.63) is 12.2 Å². The number of hydrogen-bond donors (Lipinski definition) is 0. The molecule has 0 N–H and O–H groups in total. The van der Waals surface area contributed by atoms with Gasteiger partial charge in [-0.3, -0.25) is 0 Å².